The van der Waals surface area contributed by atoms with E-state index in [1.807, 2.05) is 49.9 Å². The van der Waals surface area contributed by atoms with Crippen LogP contribution in [0.5, 0.6) is 0 Å². The fraction of sp³-hybridized carbons (Fsp3) is 0.658. The Hall–Kier alpha value is -1.91. The van der Waals surface area contributed by atoms with Gasteiger partial charge in [0.15, 0.2) is 0 Å². The number of likely N-dealkylation sites (tertiary alicyclic amines) is 3. The Morgan fingerprint density at radius 3 is 1.60 bits per heavy atom. The van der Waals surface area contributed by atoms with Crippen molar-refractivity contribution in [1.29, 1.82) is 0 Å². The van der Waals surface area contributed by atoms with Gasteiger partial charge >= 0.3 is 6.09 Å². The Labute approximate surface area is 298 Å². The summed E-state index contributed by atoms with van der Waals surface area (Å²) in [6, 6.07) is 17.9. The molecule has 4 atom stereocenters. The SMILES string of the molecule is C.CC(C)(C)OC(=O)N1CCC(N2C[C@H](O)C[C@@H]2Cc2ccc(Cl)cc2)CC1.O[C@@H]1C[C@H](Cc2ccc(Cl)cc2)N(C2CCNCC2)C1. The maximum absolute atomic E-state index is 12.3. The summed E-state index contributed by atoms with van der Waals surface area (Å²) in [5, 5.41) is 25.2. The molecule has 0 radical (unpaired) electrons. The largest absolute Gasteiger partial charge is 0.444 e. The average Bonchev–Trinajstić information content (AvgIpc) is 3.60. The molecule has 4 aliphatic rings. The van der Waals surface area contributed by atoms with E-state index >= 15 is 0 Å². The lowest BCUT2D eigenvalue weighted by molar-refractivity contribution is 0.0128. The normalized spacial score (nSPS) is 26.1. The summed E-state index contributed by atoms with van der Waals surface area (Å²) < 4.78 is 5.49. The van der Waals surface area contributed by atoms with Crippen molar-refractivity contribution in [2.24, 2.45) is 0 Å². The zero-order valence-corrected chi connectivity index (χ0v) is 29.8. The predicted molar refractivity (Wildman–Crippen MR) is 196 cm³/mol. The van der Waals surface area contributed by atoms with Gasteiger partial charge in [-0.1, -0.05) is 54.9 Å². The van der Waals surface area contributed by atoms with Crippen molar-refractivity contribution in [1.82, 2.24) is 20.0 Å². The number of nitrogens with zero attached hydrogens (tertiary/aromatic N) is 3. The highest BCUT2D eigenvalue weighted by molar-refractivity contribution is 6.30. The molecule has 268 valence electrons. The number of nitrogens with one attached hydrogen (secondary N) is 1. The molecule has 48 heavy (non-hydrogen) atoms. The molecule has 4 saturated heterocycles. The van der Waals surface area contributed by atoms with Crippen LogP contribution in [-0.2, 0) is 17.6 Å². The highest BCUT2D eigenvalue weighted by Gasteiger charge is 2.38. The molecule has 4 aliphatic heterocycles. The molecule has 2 aromatic carbocycles. The number of halogens is 2. The van der Waals surface area contributed by atoms with Crippen LogP contribution in [-0.4, -0.2) is 112 Å². The number of amides is 1. The average molecular weight is 706 g/mol. The van der Waals surface area contributed by atoms with Crippen LogP contribution >= 0.6 is 23.2 Å². The van der Waals surface area contributed by atoms with Gasteiger partial charge in [0.05, 0.1) is 12.2 Å². The molecule has 4 heterocycles. The number of carbonyl (C=O) groups is 1. The minimum absolute atomic E-state index is 0. The number of ether oxygens (including phenoxy) is 1. The van der Waals surface area contributed by atoms with Gasteiger partial charge in [-0.2, -0.15) is 0 Å². The molecular formula is C38H58Cl2N4O4. The second kappa shape index (κ2) is 17.8. The van der Waals surface area contributed by atoms with E-state index in [2.05, 4.69) is 39.4 Å². The summed E-state index contributed by atoms with van der Waals surface area (Å²) >= 11 is 11.9. The van der Waals surface area contributed by atoms with Crippen LogP contribution in [0.1, 0.15) is 77.8 Å². The number of hydrogen-bond donors (Lipinski definition) is 3. The van der Waals surface area contributed by atoms with E-state index in [1.165, 1.54) is 24.0 Å². The Bertz CT molecular complexity index is 1260. The summed E-state index contributed by atoms with van der Waals surface area (Å²) in [5.41, 5.74) is 2.10. The van der Waals surface area contributed by atoms with Crippen LogP contribution in [0.3, 0.4) is 0 Å². The van der Waals surface area contributed by atoms with Gasteiger partial charge < -0.3 is 25.2 Å². The van der Waals surface area contributed by atoms with Crippen LogP contribution in [0, 0.1) is 0 Å². The van der Waals surface area contributed by atoms with Crippen LogP contribution in [0.15, 0.2) is 48.5 Å². The van der Waals surface area contributed by atoms with Crippen molar-refractivity contribution in [3.05, 3.63) is 69.7 Å². The molecule has 6 rings (SSSR count). The molecule has 8 nitrogen and oxygen atoms in total. The van der Waals surface area contributed by atoms with Gasteiger partial charge in [-0.25, -0.2) is 4.79 Å². The van der Waals surface area contributed by atoms with Crippen molar-refractivity contribution in [3.8, 4) is 0 Å². The minimum atomic E-state index is -0.462. The zero-order chi connectivity index (χ0) is 33.6. The van der Waals surface area contributed by atoms with E-state index in [1.54, 1.807) is 0 Å². The Morgan fingerprint density at radius 2 is 1.19 bits per heavy atom. The van der Waals surface area contributed by atoms with Crippen molar-refractivity contribution < 1.29 is 19.7 Å². The van der Waals surface area contributed by atoms with E-state index in [-0.39, 0.29) is 25.7 Å². The molecule has 0 saturated carbocycles. The van der Waals surface area contributed by atoms with E-state index < -0.39 is 5.60 Å². The summed E-state index contributed by atoms with van der Waals surface area (Å²) in [5.74, 6) is 0. The maximum atomic E-state index is 12.3. The number of aliphatic hydroxyl groups excluding tert-OH is 2. The van der Waals surface area contributed by atoms with Crippen LogP contribution in [0.4, 0.5) is 4.79 Å². The van der Waals surface area contributed by atoms with Crippen LogP contribution in [0.25, 0.3) is 0 Å². The molecule has 0 bridgehead atoms. The maximum Gasteiger partial charge on any atom is 0.410 e. The van der Waals surface area contributed by atoms with Crippen molar-refractivity contribution >= 4 is 29.3 Å². The van der Waals surface area contributed by atoms with Crippen LogP contribution < -0.4 is 5.32 Å². The fourth-order valence-corrected chi connectivity index (χ4v) is 8.01. The van der Waals surface area contributed by atoms with E-state index in [0.29, 0.717) is 37.3 Å². The van der Waals surface area contributed by atoms with E-state index in [9.17, 15) is 15.0 Å². The lowest BCUT2D eigenvalue weighted by atomic mass is 9.99. The predicted octanol–water partition coefficient (Wildman–Crippen LogP) is 6.42. The van der Waals surface area contributed by atoms with Gasteiger partial charge in [0.1, 0.15) is 5.60 Å². The van der Waals surface area contributed by atoms with Crippen LogP contribution in [0.2, 0.25) is 10.0 Å². The minimum Gasteiger partial charge on any atom is -0.444 e. The molecule has 2 aromatic rings. The quantitative estimate of drug-likeness (QED) is 0.320. The first-order chi connectivity index (χ1) is 22.4. The number of benzene rings is 2. The van der Waals surface area contributed by atoms with Gasteiger partial charge in [0, 0.05) is 60.4 Å². The van der Waals surface area contributed by atoms with E-state index in [0.717, 1.165) is 74.7 Å². The summed E-state index contributed by atoms with van der Waals surface area (Å²) in [6.45, 7) is 10.9. The number of piperidine rings is 2. The van der Waals surface area contributed by atoms with Crippen molar-refractivity contribution in [2.75, 3.05) is 39.3 Å². The standard InChI is InChI=1S/C21H31ClN2O3.C16H23ClN2O.CH4/c1-21(2,3)27-20(26)23-10-8-17(9-11-23)24-14-19(25)13-18(24)12-15-4-6-16(22)7-5-15;17-13-3-1-12(2-4-13)9-15-10-16(20)11-19(15)14-5-7-18-8-6-14;/h4-7,17-19,25H,8-14H2,1-3H3;1-4,14-16,18,20H,5-11H2;1H4/t18-,19+;15-,16+;/m00./s1. The molecule has 10 heteroatoms. The Balaban J connectivity index is 0.000000221. The third kappa shape index (κ3) is 11.3. The second-order valence-corrected chi connectivity index (χ2v) is 15.7. The van der Waals surface area contributed by atoms with Gasteiger partial charge in [-0.05, 0) is 121 Å². The Morgan fingerprint density at radius 1 is 0.771 bits per heavy atom. The first-order valence-electron chi connectivity index (χ1n) is 17.5. The van der Waals surface area contributed by atoms with Gasteiger partial charge in [0.2, 0.25) is 0 Å². The summed E-state index contributed by atoms with van der Waals surface area (Å²) in [7, 11) is 0. The third-order valence-corrected chi connectivity index (χ3v) is 10.5. The molecule has 0 aliphatic carbocycles. The highest BCUT2D eigenvalue weighted by Crippen LogP contribution is 2.30. The first kappa shape index (κ1) is 38.9. The number of β-amino-alcohol motifs (C(OH)–C–C–N with tert-alkyl or cyclic N) is 2. The lowest BCUT2D eigenvalue weighted by Crippen LogP contribution is -2.49. The summed E-state index contributed by atoms with van der Waals surface area (Å²) in [4.78, 5) is 19.1. The molecule has 0 aromatic heterocycles. The molecule has 3 N–H and O–H groups in total. The van der Waals surface area contributed by atoms with Gasteiger partial charge in [-0.3, -0.25) is 9.80 Å². The number of rotatable bonds is 6. The van der Waals surface area contributed by atoms with E-state index in [4.69, 9.17) is 27.9 Å². The number of aliphatic hydroxyl groups is 2. The molecule has 1 amide bonds. The zero-order valence-electron chi connectivity index (χ0n) is 28.3. The molecule has 4 fully saturated rings. The van der Waals surface area contributed by atoms with Gasteiger partial charge in [-0.15, -0.1) is 0 Å². The van der Waals surface area contributed by atoms with Gasteiger partial charge in [0.25, 0.3) is 0 Å². The topological polar surface area (TPSA) is 88.5 Å². The first-order valence-corrected chi connectivity index (χ1v) is 18.2. The fourth-order valence-electron chi connectivity index (χ4n) is 7.76. The summed E-state index contributed by atoms with van der Waals surface area (Å²) in [6.07, 6.45) is 7.20. The number of carbonyl (C=O) groups excluding carboxylic acids is 1. The monoisotopic (exact) mass is 704 g/mol. The highest BCUT2D eigenvalue weighted by atomic mass is 35.5. The van der Waals surface area contributed by atoms with Crippen molar-refractivity contribution in [3.63, 3.8) is 0 Å². The molecule has 0 unspecified atom stereocenters. The Kier molecular flexibility index (Phi) is 14.5. The molecular weight excluding hydrogens is 647 g/mol. The molecule has 0 spiro atoms. The lowest BCUT2D eigenvalue weighted by Gasteiger charge is -2.39. The second-order valence-electron chi connectivity index (χ2n) is 14.8. The smallest absolute Gasteiger partial charge is 0.410 e. The third-order valence-electron chi connectivity index (χ3n) is 10.0. The number of hydrogen-bond acceptors (Lipinski definition) is 7. The van der Waals surface area contributed by atoms with Crippen molar-refractivity contribution in [2.45, 2.75) is 122 Å².